The van der Waals surface area contributed by atoms with Crippen molar-refractivity contribution in [3.63, 3.8) is 0 Å². The van der Waals surface area contributed by atoms with E-state index in [1.54, 1.807) is 72.8 Å². The van der Waals surface area contributed by atoms with Crippen molar-refractivity contribution in [3.05, 3.63) is 107 Å². The number of nitrogen functional groups attached to an aromatic ring is 1. The van der Waals surface area contributed by atoms with E-state index in [9.17, 15) is 14.4 Å². The van der Waals surface area contributed by atoms with Gasteiger partial charge in [-0.2, -0.15) is 5.10 Å². The van der Waals surface area contributed by atoms with Gasteiger partial charge < -0.3 is 15.8 Å². The van der Waals surface area contributed by atoms with Gasteiger partial charge in [0.05, 0.1) is 24.7 Å². The van der Waals surface area contributed by atoms with Gasteiger partial charge in [0.25, 0.3) is 5.91 Å². The van der Waals surface area contributed by atoms with E-state index in [0.717, 1.165) is 0 Å². The number of benzene rings is 3. The van der Waals surface area contributed by atoms with Gasteiger partial charge in [-0.05, 0) is 36.4 Å². The summed E-state index contributed by atoms with van der Waals surface area (Å²) in [6, 6.07) is 22.2. The molecule has 3 N–H and O–H groups in total. The summed E-state index contributed by atoms with van der Waals surface area (Å²) in [7, 11) is 1.26. The molecule has 0 aliphatic heterocycles. The Bertz CT molecular complexity index is 1330. The van der Waals surface area contributed by atoms with Crippen LogP contribution in [0.4, 0.5) is 11.5 Å². The van der Waals surface area contributed by atoms with E-state index in [1.165, 1.54) is 18.0 Å². The van der Waals surface area contributed by atoms with Crippen LogP contribution in [0.1, 0.15) is 36.6 Å². The zero-order chi connectivity index (χ0) is 23.4. The largest absolute Gasteiger partial charge is 0.465 e. The highest BCUT2D eigenvalue weighted by molar-refractivity contribution is 6.15. The molecule has 8 heteroatoms. The van der Waals surface area contributed by atoms with E-state index < -0.39 is 5.97 Å². The number of aromatic nitrogens is 2. The third-order valence-electron chi connectivity index (χ3n) is 5.04. The molecule has 0 bridgehead atoms. The smallest absolute Gasteiger partial charge is 0.343 e. The van der Waals surface area contributed by atoms with Gasteiger partial charge in [0, 0.05) is 16.7 Å². The molecule has 4 aromatic rings. The fourth-order valence-electron chi connectivity index (χ4n) is 3.31. The van der Waals surface area contributed by atoms with Gasteiger partial charge >= 0.3 is 5.97 Å². The zero-order valence-electron chi connectivity index (χ0n) is 17.7. The van der Waals surface area contributed by atoms with Crippen LogP contribution >= 0.6 is 0 Å². The van der Waals surface area contributed by atoms with E-state index in [1.807, 2.05) is 6.07 Å². The number of nitrogens with one attached hydrogen (secondary N) is 1. The number of hydrogen-bond acceptors (Lipinski definition) is 6. The minimum absolute atomic E-state index is 0.132. The topological polar surface area (TPSA) is 116 Å². The number of ether oxygens (including phenoxy) is 1. The number of carbonyl (C=O) groups excluding carboxylic acids is 3. The monoisotopic (exact) mass is 440 g/mol. The van der Waals surface area contributed by atoms with Crippen LogP contribution in [0.15, 0.2) is 85.1 Å². The molecule has 0 saturated heterocycles. The first-order valence-electron chi connectivity index (χ1n) is 10.0. The van der Waals surface area contributed by atoms with Gasteiger partial charge in [0.2, 0.25) is 0 Å². The minimum atomic E-state index is -0.585. The van der Waals surface area contributed by atoms with Gasteiger partial charge in [-0.3, -0.25) is 9.59 Å². The van der Waals surface area contributed by atoms with Crippen LogP contribution in [0, 0.1) is 0 Å². The second kappa shape index (κ2) is 9.19. The summed E-state index contributed by atoms with van der Waals surface area (Å²) in [6.07, 6.45) is 1.32. The summed E-state index contributed by atoms with van der Waals surface area (Å²) in [5.41, 5.74) is 8.43. The molecular formula is C25H20N4O4. The van der Waals surface area contributed by atoms with Gasteiger partial charge in [-0.25, -0.2) is 9.48 Å². The van der Waals surface area contributed by atoms with Crippen molar-refractivity contribution in [2.75, 3.05) is 18.2 Å². The maximum Gasteiger partial charge on any atom is 0.343 e. The zero-order valence-corrected chi connectivity index (χ0v) is 17.7. The van der Waals surface area contributed by atoms with E-state index in [0.29, 0.717) is 28.1 Å². The molecule has 4 rings (SSSR count). The SMILES string of the molecule is COC(=O)c1cnn(-c2ccc(C(=O)Nc3ccccc3C(=O)c3ccccc3)cc2)c1N. The van der Waals surface area contributed by atoms with Gasteiger partial charge in [0.15, 0.2) is 5.78 Å². The number of methoxy groups -OCH3 is 1. The lowest BCUT2D eigenvalue weighted by molar-refractivity contribution is 0.0601. The number of nitrogens with zero attached hydrogens (tertiary/aromatic N) is 2. The molecule has 0 fully saturated rings. The van der Waals surface area contributed by atoms with Gasteiger partial charge in [-0.15, -0.1) is 0 Å². The highest BCUT2D eigenvalue weighted by Crippen LogP contribution is 2.22. The van der Waals surface area contributed by atoms with Crippen LogP contribution in [0.3, 0.4) is 0 Å². The number of ketones is 1. The van der Waals surface area contributed by atoms with E-state index in [-0.39, 0.29) is 23.1 Å². The number of hydrogen-bond donors (Lipinski definition) is 2. The normalized spacial score (nSPS) is 10.5. The summed E-state index contributed by atoms with van der Waals surface area (Å²) in [5.74, 6) is -1.01. The standard InChI is InChI=1S/C25H20N4O4/c1-33-25(32)20-15-27-29(23(20)26)18-13-11-17(12-14-18)24(31)28-21-10-6-5-9-19(21)22(30)16-7-3-2-4-8-16/h2-15H,26H2,1H3,(H,28,31). The van der Waals surface area contributed by atoms with Crippen LogP contribution in [0.25, 0.3) is 5.69 Å². The maximum atomic E-state index is 12.9. The Labute approximate surface area is 189 Å². The van der Waals surface area contributed by atoms with Crippen LogP contribution in [-0.4, -0.2) is 34.6 Å². The maximum absolute atomic E-state index is 12.9. The van der Waals surface area contributed by atoms with Crippen molar-refractivity contribution < 1.29 is 19.1 Å². The third kappa shape index (κ3) is 4.35. The predicted molar refractivity (Wildman–Crippen MR) is 124 cm³/mol. The van der Waals surface area contributed by atoms with Gasteiger partial charge in [-0.1, -0.05) is 42.5 Å². The van der Waals surface area contributed by atoms with E-state index in [4.69, 9.17) is 5.73 Å². The fraction of sp³-hybridized carbons (Fsp3) is 0.0400. The van der Waals surface area contributed by atoms with Crippen molar-refractivity contribution in [3.8, 4) is 5.69 Å². The van der Waals surface area contributed by atoms with Crippen LogP contribution < -0.4 is 11.1 Å². The number of anilines is 2. The Morgan fingerprint density at radius 3 is 2.21 bits per heavy atom. The summed E-state index contributed by atoms with van der Waals surface area (Å²) in [6.45, 7) is 0. The van der Waals surface area contributed by atoms with Crippen LogP contribution in [-0.2, 0) is 4.74 Å². The molecule has 0 spiro atoms. The average molecular weight is 440 g/mol. The molecule has 0 atom stereocenters. The number of esters is 1. The molecule has 0 aliphatic carbocycles. The molecule has 1 heterocycles. The summed E-state index contributed by atoms with van der Waals surface area (Å²) in [5, 5.41) is 6.92. The average Bonchev–Trinajstić information content (AvgIpc) is 3.25. The molecule has 1 aromatic heterocycles. The van der Waals surface area contributed by atoms with Crippen molar-refractivity contribution in [2.24, 2.45) is 0 Å². The third-order valence-corrected chi connectivity index (χ3v) is 5.04. The molecule has 0 saturated carbocycles. The predicted octanol–water partition coefficient (Wildman–Crippen LogP) is 3.72. The highest BCUT2D eigenvalue weighted by atomic mass is 16.5. The molecule has 0 radical (unpaired) electrons. The van der Waals surface area contributed by atoms with Crippen LogP contribution in [0.2, 0.25) is 0 Å². The van der Waals surface area contributed by atoms with Crippen molar-refractivity contribution in [1.29, 1.82) is 0 Å². The first-order valence-corrected chi connectivity index (χ1v) is 10.0. The van der Waals surface area contributed by atoms with Gasteiger partial charge in [0.1, 0.15) is 11.4 Å². The summed E-state index contributed by atoms with van der Waals surface area (Å²) < 4.78 is 6.06. The second-order valence-electron chi connectivity index (χ2n) is 7.09. The number of para-hydroxylation sites is 1. The lowest BCUT2D eigenvalue weighted by Gasteiger charge is -2.11. The second-order valence-corrected chi connectivity index (χ2v) is 7.09. The number of carbonyl (C=O) groups is 3. The lowest BCUT2D eigenvalue weighted by Crippen LogP contribution is -2.15. The molecule has 33 heavy (non-hydrogen) atoms. The first kappa shape index (κ1) is 21.5. The Morgan fingerprint density at radius 1 is 0.848 bits per heavy atom. The number of nitrogens with two attached hydrogens (primary N) is 1. The van der Waals surface area contributed by atoms with Crippen molar-refractivity contribution in [1.82, 2.24) is 9.78 Å². The molecule has 3 aromatic carbocycles. The Kier molecular flexibility index (Phi) is 5.99. The molecule has 164 valence electrons. The van der Waals surface area contributed by atoms with Crippen molar-refractivity contribution >= 4 is 29.2 Å². The van der Waals surface area contributed by atoms with Crippen LogP contribution in [0.5, 0.6) is 0 Å². The molecular weight excluding hydrogens is 420 g/mol. The Balaban J connectivity index is 1.55. The number of amides is 1. The molecule has 1 amide bonds. The number of rotatable bonds is 6. The summed E-state index contributed by atoms with van der Waals surface area (Å²) >= 11 is 0. The van der Waals surface area contributed by atoms with Crippen molar-refractivity contribution in [2.45, 2.75) is 0 Å². The van der Waals surface area contributed by atoms with E-state index in [2.05, 4.69) is 15.2 Å². The fourth-order valence-corrected chi connectivity index (χ4v) is 3.31. The van der Waals surface area contributed by atoms with E-state index >= 15 is 0 Å². The molecule has 0 unspecified atom stereocenters. The highest BCUT2D eigenvalue weighted by Gasteiger charge is 2.18. The Hall–Kier alpha value is -4.72. The first-order chi connectivity index (χ1) is 16.0. The quantitative estimate of drug-likeness (QED) is 0.349. The molecule has 8 nitrogen and oxygen atoms in total. The summed E-state index contributed by atoms with van der Waals surface area (Å²) in [4.78, 5) is 37.5. The molecule has 0 aliphatic rings. The Morgan fingerprint density at radius 2 is 1.52 bits per heavy atom. The minimum Gasteiger partial charge on any atom is -0.465 e. The lowest BCUT2D eigenvalue weighted by atomic mass is 10.0.